The third-order valence-corrected chi connectivity index (χ3v) is 4.93. The molecule has 1 aromatic rings. The first-order valence-electron chi connectivity index (χ1n) is 6.77. The summed E-state index contributed by atoms with van der Waals surface area (Å²) in [5.74, 6) is 0.623. The quantitative estimate of drug-likeness (QED) is 0.846. The molecule has 0 bridgehead atoms. The number of nitrogens with two attached hydrogens (primary N) is 1. The minimum atomic E-state index is 0.269. The van der Waals surface area contributed by atoms with Crippen LogP contribution in [0.15, 0.2) is 0 Å². The second kappa shape index (κ2) is 4.88. The number of hydrogen-bond acceptors (Lipinski definition) is 4. The van der Waals surface area contributed by atoms with Crippen molar-refractivity contribution in [3.63, 3.8) is 0 Å². The highest BCUT2D eigenvalue weighted by molar-refractivity contribution is 7.15. The zero-order chi connectivity index (χ0) is 12.5. The summed E-state index contributed by atoms with van der Waals surface area (Å²) in [4.78, 5) is 20.0. The lowest BCUT2D eigenvalue weighted by atomic mass is 9.88. The van der Waals surface area contributed by atoms with Crippen LogP contribution in [0.25, 0.3) is 0 Å². The van der Waals surface area contributed by atoms with E-state index in [4.69, 9.17) is 5.73 Å². The molecule has 0 atom stereocenters. The molecule has 2 N–H and O–H groups in total. The van der Waals surface area contributed by atoms with Gasteiger partial charge in [0.05, 0.1) is 12.2 Å². The number of nitrogen functional groups attached to an aromatic ring is 1. The van der Waals surface area contributed by atoms with Crippen molar-refractivity contribution in [3.05, 3.63) is 10.6 Å². The number of carbonyl (C=O) groups is 1. The molecule has 1 aliphatic heterocycles. The topological polar surface area (TPSA) is 59.2 Å². The summed E-state index contributed by atoms with van der Waals surface area (Å²) in [5.41, 5.74) is 6.83. The Morgan fingerprint density at radius 1 is 1.33 bits per heavy atom. The maximum absolute atomic E-state index is 12.4. The number of nitrogens with zero attached hydrogens (tertiary/aromatic N) is 2. The summed E-state index contributed by atoms with van der Waals surface area (Å²) in [5, 5.41) is 0.631. The Morgan fingerprint density at radius 3 is 2.89 bits per heavy atom. The van der Waals surface area contributed by atoms with Crippen LogP contribution in [-0.4, -0.2) is 22.3 Å². The van der Waals surface area contributed by atoms with E-state index in [9.17, 15) is 4.79 Å². The van der Waals surface area contributed by atoms with Crippen molar-refractivity contribution in [2.75, 3.05) is 12.3 Å². The summed E-state index contributed by atoms with van der Waals surface area (Å²) in [6, 6.07) is 0. The first-order valence-corrected chi connectivity index (χ1v) is 7.58. The number of anilines is 1. The van der Waals surface area contributed by atoms with E-state index in [1.807, 2.05) is 4.90 Å². The minimum Gasteiger partial charge on any atom is -0.375 e. The third kappa shape index (κ3) is 2.23. The van der Waals surface area contributed by atoms with E-state index in [0.29, 0.717) is 11.0 Å². The van der Waals surface area contributed by atoms with Gasteiger partial charge >= 0.3 is 0 Å². The number of thiazole rings is 1. The minimum absolute atomic E-state index is 0.269. The number of hydrogen-bond donors (Lipinski definition) is 1. The molecule has 1 amide bonds. The zero-order valence-corrected chi connectivity index (χ0v) is 11.3. The van der Waals surface area contributed by atoms with Gasteiger partial charge < -0.3 is 10.6 Å². The van der Waals surface area contributed by atoms with Crippen LogP contribution < -0.4 is 5.73 Å². The second-order valence-electron chi connectivity index (χ2n) is 5.27. The van der Waals surface area contributed by atoms with Gasteiger partial charge in [0.1, 0.15) is 0 Å². The smallest absolute Gasteiger partial charge is 0.226 e. The van der Waals surface area contributed by atoms with Crippen molar-refractivity contribution in [1.82, 2.24) is 9.88 Å². The molecule has 1 saturated carbocycles. The van der Waals surface area contributed by atoms with Crippen LogP contribution in [0.4, 0.5) is 5.13 Å². The molecule has 0 spiro atoms. The molecular formula is C13H19N3OS. The predicted molar refractivity (Wildman–Crippen MR) is 72.2 cm³/mol. The Hall–Kier alpha value is -1.10. The van der Waals surface area contributed by atoms with Gasteiger partial charge in [0.25, 0.3) is 0 Å². The molecule has 0 unspecified atom stereocenters. The van der Waals surface area contributed by atoms with Crippen LogP contribution in [0.1, 0.15) is 42.7 Å². The Balaban J connectivity index is 1.69. The van der Waals surface area contributed by atoms with Gasteiger partial charge in [-0.2, -0.15) is 0 Å². The maximum Gasteiger partial charge on any atom is 0.226 e. The first kappa shape index (κ1) is 12.0. The van der Waals surface area contributed by atoms with Crippen molar-refractivity contribution < 1.29 is 4.79 Å². The highest BCUT2D eigenvalue weighted by atomic mass is 32.1. The molecule has 1 aromatic heterocycles. The molecule has 18 heavy (non-hydrogen) atoms. The molecule has 1 fully saturated rings. The molecular weight excluding hydrogens is 246 g/mol. The molecule has 2 aliphatic rings. The molecule has 1 aliphatic carbocycles. The van der Waals surface area contributed by atoms with Gasteiger partial charge in [0.15, 0.2) is 5.13 Å². The van der Waals surface area contributed by atoms with Crippen LogP contribution in [0.2, 0.25) is 0 Å². The fourth-order valence-electron chi connectivity index (χ4n) is 3.01. The SMILES string of the molecule is Nc1nc2c(s1)CN(C(=O)C1CCCCC1)CC2. The van der Waals surface area contributed by atoms with Crippen LogP contribution >= 0.6 is 11.3 Å². The highest BCUT2D eigenvalue weighted by Gasteiger charge is 2.29. The van der Waals surface area contributed by atoms with Gasteiger partial charge in [-0.3, -0.25) is 4.79 Å². The summed E-state index contributed by atoms with van der Waals surface area (Å²) in [7, 11) is 0. The van der Waals surface area contributed by atoms with Crippen LogP contribution in [0.3, 0.4) is 0 Å². The molecule has 3 rings (SSSR count). The van der Waals surface area contributed by atoms with Gasteiger partial charge in [-0.15, -0.1) is 11.3 Å². The average Bonchev–Trinajstić information content (AvgIpc) is 2.78. The number of aromatic nitrogens is 1. The van der Waals surface area contributed by atoms with Crippen LogP contribution in [-0.2, 0) is 17.8 Å². The Bertz CT molecular complexity index is 451. The fourth-order valence-corrected chi connectivity index (χ4v) is 3.91. The molecule has 5 heteroatoms. The second-order valence-corrected chi connectivity index (χ2v) is 6.38. The van der Waals surface area contributed by atoms with E-state index in [0.717, 1.165) is 38.0 Å². The predicted octanol–water partition coefficient (Wildman–Crippen LogP) is 2.19. The molecule has 0 saturated heterocycles. The van der Waals surface area contributed by atoms with Crippen molar-refractivity contribution in [2.24, 2.45) is 5.92 Å². The van der Waals surface area contributed by atoms with Crippen LogP contribution in [0.5, 0.6) is 0 Å². The third-order valence-electron chi connectivity index (χ3n) is 4.01. The van der Waals surface area contributed by atoms with Gasteiger partial charge in [-0.1, -0.05) is 19.3 Å². The Kier molecular flexibility index (Phi) is 3.24. The maximum atomic E-state index is 12.4. The van der Waals surface area contributed by atoms with Crippen molar-refractivity contribution in [3.8, 4) is 0 Å². The first-order chi connectivity index (χ1) is 8.74. The molecule has 2 heterocycles. The number of carbonyl (C=O) groups excluding carboxylic acids is 1. The van der Waals surface area contributed by atoms with E-state index in [2.05, 4.69) is 4.98 Å². The lowest BCUT2D eigenvalue weighted by molar-refractivity contribution is -0.137. The summed E-state index contributed by atoms with van der Waals surface area (Å²) in [6.07, 6.45) is 6.73. The van der Waals surface area contributed by atoms with Gasteiger partial charge in [0.2, 0.25) is 5.91 Å². The number of fused-ring (bicyclic) bond motifs is 1. The summed E-state index contributed by atoms with van der Waals surface area (Å²) >= 11 is 1.53. The molecule has 4 nitrogen and oxygen atoms in total. The van der Waals surface area contributed by atoms with E-state index >= 15 is 0 Å². The van der Waals surface area contributed by atoms with Crippen LogP contribution in [0, 0.1) is 5.92 Å². The number of rotatable bonds is 1. The van der Waals surface area contributed by atoms with Gasteiger partial charge in [0, 0.05) is 23.8 Å². The molecule has 98 valence electrons. The van der Waals surface area contributed by atoms with E-state index in [-0.39, 0.29) is 5.92 Å². The van der Waals surface area contributed by atoms with Crippen molar-refractivity contribution in [2.45, 2.75) is 45.1 Å². The van der Waals surface area contributed by atoms with Crippen molar-refractivity contribution >= 4 is 22.4 Å². The standard InChI is InChI=1S/C13H19N3OS/c14-13-15-10-6-7-16(8-11(10)18-13)12(17)9-4-2-1-3-5-9/h9H,1-8H2,(H2,14,15). The largest absolute Gasteiger partial charge is 0.375 e. The molecule has 0 aromatic carbocycles. The Morgan fingerprint density at radius 2 is 2.11 bits per heavy atom. The van der Waals surface area contributed by atoms with Gasteiger partial charge in [-0.05, 0) is 12.8 Å². The highest BCUT2D eigenvalue weighted by Crippen LogP contribution is 2.30. The Labute approximate surface area is 111 Å². The van der Waals surface area contributed by atoms with E-state index in [1.165, 1.54) is 35.5 Å². The number of amides is 1. The van der Waals surface area contributed by atoms with Gasteiger partial charge in [-0.25, -0.2) is 4.98 Å². The fraction of sp³-hybridized carbons (Fsp3) is 0.692. The van der Waals surface area contributed by atoms with E-state index < -0.39 is 0 Å². The average molecular weight is 265 g/mol. The summed E-state index contributed by atoms with van der Waals surface area (Å²) in [6.45, 7) is 1.53. The lowest BCUT2D eigenvalue weighted by Gasteiger charge is -2.31. The zero-order valence-electron chi connectivity index (χ0n) is 10.5. The van der Waals surface area contributed by atoms with E-state index in [1.54, 1.807) is 0 Å². The lowest BCUT2D eigenvalue weighted by Crippen LogP contribution is -2.40. The normalized spacial score (nSPS) is 20.8. The van der Waals surface area contributed by atoms with Crippen molar-refractivity contribution in [1.29, 1.82) is 0 Å². The molecule has 0 radical (unpaired) electrons. The monoisotopic (exact) mass is 265 g/mol. The summed E-state index contributed by atoms with van der Waals surface area (Å²) < 4.78 is 0.